The molecule has 4 rings (SSSR count). The van der Waals surface area contributed by atoms with E-state index in [2.05, 4.69) is 30.5 Å². The third kappa shape index (κ3) is 3.43. The van der Waals surface area contributed by atoms with E-state index < -0.39 is 23.6 Å². The first-order chi connectivity index (χ1) is 15.3. The summed E-state index contributed by atoms with van der Waals surface area (Å²) < 4.78 is 28.3. The Kier molecular flexibility index (Phi) is 5.11. The molecule has 0 bridgehead atoms. The van der Waals surface area contributed by atoms with Gasteiger partial charge in [-0.05, 0) is 13.0 Å². The first kappa shape index (κ1) is 20.7. The van der Waals surface area contributed by atoms with Crippen LogP contribution in [-0.4, -0.2) is 29.7 Å². The zero-order chi connectivity index (χ0) is 23.0. The van der Waals surface area contributed by atoms with Crippen LogP contribution >= 0.6 is 0 Å². The number of benzene rings is 1. The average molecular weight is 438 g/mol. The van der Waals surface area contributed by atoms with E-state index in [9.17, 15) is 18.8 Å². The summed E-state index contributed by atoms with van der Waals surface area (Å²) in [5.74, 6) is -0.0687. The van der Waals surface area contributed by atoms with E-state index in [1.54, 1.807) is 6.92 Å². The van der Waals surface area contributed by atoms with Crippen molar-refractivity contribution < 1.29 is 8.78 Å². The lowest BCUT2D eigenvalue weighted by Crippen LogP contribution is -2.28. The summed E-state index contributed by atoms with van der Waals surface area (Å²) in [6, 6.07) is 5.22. The highest BCUT2D eigenvalue weighted by Crippen LogP contribution is 2.28. The van der Waals surface area contributed by atoms with Crippen molar-refractivity contribution in [3.05, 3.63) is 57.9 Å². The quantitative estimate of drug-likeness (QED) is 0.363. The zero-order valence-electron chi connectivity index (χ0n) is 16.5. The number of nitrogen functional groups attached to an aromatic ring is 2. The number of hydrogen-bond acceptors (Lipinski definition) is 9. The highest BCUT2D eigenvalue weighted by atomic mass is 19.3. The standard InChI is InChI=1S/C19H16F2N10O/c1-8(27-16-11(5-22)15(23)29-19(24)30-16)17-28-12-4-2-3-10(14(20)21)13(12)18(32)31(17)9-6-25-26-7-9/h2-4,6-8,14H,1H3,(H,25,26)(H5,23,24,27,29,30)/t8-/m0/s1. The summed E-state index contributed by atoms with van der Waals surface area (Å²) in [7, 11) is 0. The van der Waals surface area contributed by atoms with Crippen molar-refractivity contribution in [2.45, 2.75) is 19.4 Å². The molecule has 0 fully saturated rings. The highest BCUT2D eigenvalue weighted by Gasteiger charge is 2.24. The molecule has 162 valence electrons. The summed E-state index contributed by atoms with van der Waals surface area (Å²) in [6.45, 7) is 1.65. The maximum Gasteiger partial charge on any atom is 0.266 e. The van der Waals surface area contributed by atoms with Crippen molar-refractivity contribution in [1.29, 1.82) is 5.26 Å². The monoisotopic (exact) mass is 438 g/mol. The molecule has 3 heterocycles. The predicted molar refractivity (Wildman–Crippen MR) is 112 cm³/mol. The fourth-order valence-corrected chi connectivity index (χ4v) is 3.34. The second-order valence-electron chi connectivity index (χ2n) is 6.78. The van der Waals surface area contributed by atoms with Gasteiger partial charge in [-0.15, -0.1) is 0 Å². The molecule has 1 aromatic carbocycles. The Balaban J connectivity index is 1.94. The van der Waals surface area contributed by atoms with Crippen LogP contribution in [0.5, 0.6) is 0 Å². The predicted octanol–water partition coefficient (Wildman–Crippen LogP) is 2.05. The van der Waals surface area contributed by atoms with Crippen LogP contribution in [0.1, 0.15) is 36.3 Å². The normalized spacial score (nSPS) is 12.1. The number of H-pyrrole nitrogens is 1. The van der Waals surface area contributed by atoms with Crippen molar-refractivity contribution in [2.75, 3.05) is 16.8 Å². The second-order valence-corrected chi connectivity index (χ2v) is 6.78. The van der Waals surface area contributed by atoms with Gasteiger partial charge in [0.05, 0.1) is 28.8 Å². The van der Waals surface area contributed by atoms with Gasteiger partial charge in [-0.3, -0.25) is 14.5 Å². The molecular weight excluding hydrogens is 422 g/mol. The second kappa shape index (κ2) is 7.91. The van der Waals surface area contributed by atoms with Crippen molar-refractivity contribution in [1.82, 2.24) is 29.7 Å². The lowest BCUT2D eigenvalue weighted by molar-refractivity contribution is 0.153. The number of halogens is 2. The van der Waals surface area contributed by atoms with Gasteiger partial charge in [-0.25, -0.2) is 13.8 Å². The van der Waals surface area contributed by atoms with Gasteiger partial charge < -0.3 is 16.8 Å². The fourth-order valence-electron chi connectivity index (χ4n) is 3.34. The Labute approximate surface area is 178 Å². The Morgan fingerprint density at radius 1 is 1.25 bits per heavy atom. The molecule has 32 heavy (non-hydrogen) atoms. The molecular formula is C19H16F2N10O. The lowest BCUT2D eigenvalue weighted by Gasteiger charge is -2.20. The number of nitriles is 1. The molecule has 13 heteroatoms. The maximum absolute atomic E-state index is 13.6. The number of nitrogens with two attached hydrogens (primary N) is 2. The molecule has 0 amide bonds. The molecule has 1 atom stereocenters. The van der Waals surface area contributed by atoms with Crippen molar-refractivity contribution >= 4 is 28.5 Å². The van der Waals surface area contributed by atoms with Crippen LogP contribution in [-0.2, 0) is 0 Å². The van der Waals surface area contributed by atoms with Crippen molar-refractivity contribution in [2.24, 2.45) is 0 Å². The number of aromatic amines is 1. The number of rotatable bonds is 5. The number of anilines is 3. The summed E-state index contributed by atoms with van der Waals surface area (Å²) in [5.41, 5.74) is 10.6. The minimum Gasteiger partial charge on any atom is -0.382 e. The van der Waals surface area contributed by atoms with Crippen LogP contribution in [0.3, 0.4) is 0 Å². The van der Waals surface area contributed by atoms with Crippen LogP contribution in [0.15, 0.2) is 35.4 Å². The zero-order valence-corrected chi connectivity index (χ0v) is 16.5. The lowest BCUT2D eigenvalue weighted by atomic mass is 10.1. The van der Waals surface area contributed by atoms with Gasteiger partial charge in [0, 0.05) is 11.8 Å². The molecule has 0 radical (unpaired) electrons. The Morgan fingerprint density at radius 3 is 2.69 bits per heavy atom. The van der Waals surface area contributed by atoms with Crippen molar-refractivity contribution in [3.8, 4) is 11.8 Å². The highest BCUT2D eigenvalue weighted by molar-refractivity contribution is 5.82. The largest absolute Gasteiger partial charge is 0.382 e. The molecule has 0 unspecified atom stereocenters. The van der Waals surface area contributed by atoms with E-state index in [1.165, 1.54) is 30.6 Å². The molecule has 0 aliphatic rings. The van der Waals surface area contributed by atoms with E-state index in [1.807, 2.05) is 6.07 Å². The minimum absolute atomic E-state index is 0.0379. The van der Waals surface area contributed by atoms with Gasteiger partial charge in [0.15, 0.2) is 5.82 Å². The van der Waals surface area contributed by atoms with Gasteiger partial charge in [-0.2, -0.15) is 20.3 Å². The van der Waals surface area contributed by atoms with Crippen LogP contribution in [0.25, 0.3) is 16.6 Å². The maximum atomic E-state index is 13.6. The third-order valence-electron chi connectivity index (χ3n) is 4.74. The van der Waals surface area contributed by atoms with Gasteiger partial charge in [0.2, 0.25) is 5.95 Å². The van der Waals surface area contributed by atoms with E-state index in [0.717, 1.165) is 4.57 Å². The Bertz CT molecular complexity index is 1410. The SMILES string of the molecule is C[C@H](Nc1nc(N)nc(N)c1C#N)c1nc2cccc(C(F)F)c2c(=O)n1-c1cn[nH]c1. The van der Waals surface area contributed by atoms with Crippen molar-refractivity contribution in [3.63, 3.8) is 0 Å². The number of hydrogen-bond donors (Lipinski definition) is 4. The summed E-state index contributed by atoms with van der Waals surface area (Å²) in [6.07, 6.45) is -0.0767. The minimum atomic E-state index is -2.86. The number of fused-ring (bicyclic) bond motifs is 1. The number of aromatic nitrogens is 6. The van der Waals surface area contributed by atoms with Crippen LogP contribution in [0.2, 0.25) is 0 Å². The van der Waals surface area contributed by atoms with Crippen LogP contribution in [0, 0.1) is 11.3 Å². The molecule has 0 aliphatic carbocycles. The Hall–Kier alpha value is -4.60. The molecule has 0 spiro atoms. The van der Waals surface area contributed by atoms with E-state index in [4.69, 9.17) is 11.5 Å². The molecule has 6 N–H and O–H groups in total. The number of nitrogens with zero attached hydrogens (tertiary/aromatic N) is 6. The van der Waals surface area contributed by atoms with Gasteiger partial charge in [0.1, 0.15) is 23.3 Å². The molecule has 0 aliphatic heterocycles. The van der Waals surface area contributed by atoms with E-state index in [-0.39, 0.29) is 39.9 Å². The number of nitrogens with one attached hydrogen (secondary N) is 2. The first-order valence-electron chi connectivity index (χ1n) is 9.24. The molecule has 0 saturated heterocycles. The van der Waals surface area contributed by atoms with Crippen LogP contribution in [0.4, 0.5) is 26.4 Å². The summed E-state index contributed by atoms with van der Waals surface area (Å²) >= 11 is 0. The van der Waals surface area contributed by atoms with Gasteiger partial charge in [0.25, 0.3) is 12.0 Å². The first-order valence-corrected chi connectivity index (χ1v) is 9.24. The molecule has 4 aromatic rings. The molecule has 11 nitrogen and oxygen atoms in total. The van der Waals surface area contributed by atoms with E-state index >= 15 is 0 Å². The summed E-state index contributed by atoms with van der Waals surface area (Å²) in [5, 5.41) is 18.6. The smallest absolute Gasteiger partial charge is 0.266 e. The van der Waals surface area contributed by atoms with Gasteiger partial charge >= 0.3 is 0 Å². The Morgan fingerprint density at radius 2 is 2.03 bits per heavy atom. The summed E-state index contributed by atoms with van der Waals surface area (Å²) in [4.78, 5) is 25.6. The topological polar surface area (TPSA) is 177 Å². The van der Waals surface area contributed by atoms with Crippen LogP contribution < -0.4 is 22.3 Å². The van der Waals surface area contributed by atoms with Gasteiger partial charge in [-0.1, -0.05) is 12.1 Å². The molecule has 3 aromatic heterocycles. The fraction of sp³-hybridized carbons (Fsp3) is 0.158. The number of alkyl halides is 2. The van der Waals surface area contributed by atoms with E-state index in [0.29, 0.717) is 5.69 Å². The average Bonchev–Trinajstić information content (AvgIpc) is 3.27. The third-order valence-corrected chi connectivity index (χ3v) is 4.74. The molecule has 0 saturated carbocycles.